The molecule has 4 heteroatoms. The van der Waals surface area contributed by atoms with Crippen molar-refractivity contribution in [3.05, 3.63) is 41.0 Å². The SMILES string of the molecule is CCC1=C(C)[CH]([Ti]([CH3])([CH3])[NH]C(=O)C2CCCCCCCCCCC2)c2ccccc21.[SiH4]. The van der Waals surface area contributed by atoms with E-state index in [0.717, 1.165) is 19.3 Å². The van der Waals surface area contributed by atoms with Gasteiger partial charge in [-0.1, -0.05) is 0 Å². The van der Waals surface area contributed by atoms with E-state index < -0.39 is 16.8 Å². The molecule has 0 saturated heterocycles. The monoisotopic (exact) mass is 477 g/mol. The Morgan fingerprint density at radius 2 is 1.45 bits per heavy atom. The normalized spacial score (nSPS) is 21.5. The summed E-state index contributed by atoms with van der Waals surface area (Å²) in [5.74, 6) is 0.591. The van der Waals surface area contributed by atoms with Crippen molar-refractivity contribution in [3.8, 4) is 0 Å². The van der Waals surface area contributed by atoms with Crippen LogP contribution in [-0.4, -0.2) is 16.9 Å². The zero-order chi connectivity index (χ0) is 21.6. The number of fused-ring (bicyclic) bond motifs is 1. The molecule has 2 nitrogen and oxygen atoms in total. The Morgan fingerprint density at radius 3 is 2.00 bits per heavy atom. The minimum Gasteiger partial charge on any atom is -0.0149 e. The predicted octanol–water partition coefficient (Wildman–Crippen LogP) is 6.68. The van der Waals surface area contributed by atoms with E-state index in [9.17, 15) is 4.79 Å². The van der Waals surface area contributed by atoms with Crippen LogP contribution in [0.1, 0.15) is 106 Å². The molecule has 0 aromatic heterocycles. The maximum Gasteiger partial charge on any atom is -0.0149 e. The van der Waals surface area contributed by atoms with Gasteiger partial charge in [0.1, 0.15) is 0 Å². The van der Waals surface area contributed by atoms with E-state index >= 15 is 0 Å². The molecule has 1 amide bonds. The summed E-state index contributed by atoms with van der Waals surface area (Å²) < 4.78 is 4.16. The first-order chi connectivity index (χ1) is 14.5. The average Bonchev–Trinajstić information content (AvgIpc) is 2.99. The number of carbonyl (C=O) groups excluding carboxylic acids is 1. The van der Waals surface area contributed by atoms with Gasteiger partial charge in [0.25, 0.3) is 0 Å². The van der Waals surface area contributed by atoms with Crippen LogP contribution in [-0.2, 0) is 21.6 Å². The quantitative estimate of drug-likeness (QED) is 0.482. The van der Waals surface area contributed by atoms with E-state index in [0.29, 0.717) is 10.1 Å². The van der Waals surface area contributed by atoms with Gasteiger partial charge in [0, 0.05) is 0 Å². The van der Waals surface area contributed by atoms with Crippen LogP contribution in [0, 0.1) is 5.92 Å². The van der Waals surface area contributed by atoms with E-state index in [2.05, 4.69) is 52.4 Å². The molecule has 1 unspecified atom stereocenters. The number of hydrogen-bond donors (Lipinski definition) is 1. The first-order valence-electron chi connectivity index (χ1n) is 12.6. The Morgan fingerprint density at radius 1 is 0.935 bits per heavy atom. The van der Waals surface area contributed by atoms with Crippen molar-refractivity contribution >= 4 is 22.4 Å². The van der Waals surface area contributed by atoms with Crippen LogP contribution in [0.2, 0.25) is 10.5 Å². The van der Waals surface area contributed by atoms with Crippen molar-refractivity contribution in [3.63, 3.8) is 0 Å². The fraction of sp³-hybridized carbons (Fsp3) is 0.667. The van der Waals surface area contributed by atoms with Crippen molar-refractivity contribution in [2.45, 2.75) is 106 Å². The number of carbonyl (C=O) groups is 1. The average molecular weight is 478 g/mol. The Kier molecular flexibility index (Phi) is 10.8. The summed E-state index contributed by atoms with van der Waals surface area (Å²) in [6.45, 7) is 4.58. The third kappa shape index (κ3) is 6.68. The Labute approximate surface area is 199 Å². The molecule has 2 aliphatic rings. The van der Waals surface area contributed by atoms with Gasteiger partial charge < -0.3 is 0 Å². The molecule has 1 aromatic carbocycles. The molecule has 174 valence electrons. The zero-order valence-corrected chi connectivity index (χ0v) is 21.4. The summed E-state index contributed by atoms with van der Waals surface area (Å²) in [6, 6.07) is 8.92. The van der Waals surface area contributed by atoms with Crippen LogP contribution >= 0.6 is 0 Å². The number of nitrogens with one attached hydrogen (secondary N) is 1. The smallest absolute Gasteiger partial charge is 0.0149 e. The van der Waals surface area contributed by atoms with E-state index in [4.69, 9.17) is 0 Å². The van der Waals surface area contributed by atoms with Gasteiger partial charge in [-0.2, -0.15) is 0 Å². The molecule has 1 atom stereocenters. The molecule has 0 bridgehead atoms. The minimum atomic E-state index is -2.62. The van der Waals surface area contributed by atoms with Gasteiger partial charge in [-0.15, -0.1) is 0 Å². The molecule has 0 aliphatic heterocycles. The third-order valence-electron chi connectivity index (χ3n) is 7.50. The van der Waals surface area contributed by atoms with Crippen molar-refractivity contribution in [1.82, 2.24) is 3.80 Å². The van der Waals surface area contributed by atoms with Crippen LogP contribution in [0.4, 0.5) is 0 Å². The number of allylic oxidation sites excluding steroid dienone is 2. The maximum absolute atomic E-state index is 13.5. The molecule has 1 saturated carbocycles. The number of hydrogen-bond acceptors (Lipinski definition) is 1. The topological polar surface area (TPSA) is 29.1 Å². The molecule has 0 heterocycles. The molecule has 3 rings (SSSR count). The van der Waals surface area contributed by atoms with Crippen molar-refractivity contribution < 1.29 is 21.6 Å². The van der Waals surface area contributed by atoms with Crippen molar-refractivity contribution in [1.29, 1.82) is 0 Å². The molecule has 1 fully saturated rings. The summed E-state index contributed by atoms with van der Waals surface area (Å²) in [4.78, 5) is 13.5. The van der Waals surface area contributed by atoms with Crippen LogP contribution in [0.3, 0.4) is 0 Å². The van der Waals surface area contributed by atoms with Crippen LogP contribution < -0.4 is 3.80 Å². The largest absolute Gasteiger partial charge is 0.0149 e. The number of rotatable bonds is 4. The van der Waals surface area contributed by atoms with Gasteiger partial charge in [0.05, 0.1) is 0 Å². The van der Waals surface area contributed by atoms with Gasteiger partial charge in [0.15, 0.2) is 0 Å². The summed E-state index contributed by atoms with van der Waals surface area (Å²) in [5, 5.41) is 4.83. The first-order valence-corrected chi connectivity index (χ1v) is 17.4. The van der Waals surface area contributed by atoms with E-state index in [1.165, 1.54) is 80.1 Å². The number of benzene rings is 1. The summed E-state index contributed by atoms with van der Waals surface area (Å²) >= 11 is -2.62. The first kappa shape index (κ1) is 26.6. The summed E-state index contributed by atoms with van der Waals surface area (Å²) in [7, 11) is 0. The maximum atomic E-state index is 13.5. The van der Waals surface area contributed by atoms with Crippen LogP contribution in [0.15, 0.2) is 29.8 Å². The van der Waals surface area contributed by atoms with Gasteiger partial charge in [-0.25, -0.2) is 0 Å². The van der Waals surface area contributed by atoms with E-state index in [1.807, 2.05) is 0 Å². The van der Waals surface area contributed by atoms with Gasteiger partial charge in [0.2, 0.25) is 0 Å². The van der Waals surface area contributed by atoms with E-state index in [-0.39, 0.29) is 16.9 Å². The molecular weight excluding hydrogens is 430 g/mol. The second kappa shape index (κ2) is 12.6. The number of amides is 1. The molecule has 1 aromatic rings. The Balaban J connectivity index is 0.00000341. The molecule has 31 heavy (non-hydrogen) atoms. The fourth-order valence-electron chi connectivity index (χ4n) is 5.96. The van der Waals surface area contributed by atoms with Gasteiger partial charge in [-0.3, -0.25) is 0 Å². The molecule has 2 aliphatic carbocycles. The molecular formula is C27H47NOSiTi. The molecule has 0 spiro atoms. The van der Waals surface area contributed by atoms with Gasteiger partial charge in [-0.05, 0) is 11.0 Å². The fourth-order valence-corrected chi connectivity index (χ4v) is 11.1. The second-order valence-corrected chi connectivity index (χ2v) is 16.9. The van der Waals surface area contributed by atoms with Crippen molar-refractivity contribution in [2.75, 3.05) is 0 Å². The van der Waals surface area contributed by atoms with E-state index in [1.54, 1.807) is 0 Å². The second-order valence-electron chi connectivity index (χ2n) is 10.2. The Hall–Kier alpha value is -0.639. The zero-order valence-electron chi connectivity index (χ0n) is 19.9. The van der Waals surface area contributed by atoms with Gasteiger partial charge >= 0.3 is 189 Å². The minimum absolute atomic E-state index is 0. The standard InChI is InChI=1S/C13H25NO.C12H13.2CH3.H4Si.Ti/c14-13(15)12-10-8-6-4-2-1-3-5-7-9-11-12;1-3-11-9(2)8-10-6-4-5-7-12(10)11;;;;/h12H,1-11H2,(H2,14,15);4-8H,3H2,1-2H3;2*1H3;1H4;/q;;;;;+1/p-1. The molecule has 1 N–H and O–H groups in total. The summed E-state index contributed by atoms with van der Waals surface area (Å²) in [5.41, 5.74) is 5.93. The van der Waals surface area contributed by atoms with Crippen molar-refractivity contribution in [2.24, 2.45) is 5.92 Å². The van der Waals surface area contributed by atoms with Crippen LogP contribution in [0.25, 0.3) is 5.57 Å². The molecule has 0 radical (unpaired) electrons. The Bertz CT molecular complexity index is 745. The van der Waals surface area contributed by atoms with Crippen LogP contribution in [0.5, 0.6) is 0 Å². The summed E-state index contributed by atoms with van der Waals surface area (Å²) in [6.07, 6.45) is 15.1. The third-order valence-corrected chi connectivity index (χ3v) is 12.3. The predicted molar refractivity (Wildman–Crippen MR) is 138 cm³/mol.